The molecular formula is C18H44O6Si2. The summed E-state index contributed by atoms with van der Waals surface area (Å²) in [6.07, 6.45) is 4.90. The van der Waals surface area contributed by atoms with Gasteiger partial charge in [-0.2, -0.15) is 0 Å². The first-order chi connectivity index (χ1) is 12.1. The molecule has 6 nitrogen and oxygen atoms in total. The van der Waals surface area contributed by atoms with Crippen molar-refractivity contribution in [2.45, 2.75) is 71.4 Å². The van der Waals surface area contributed by atoms with E-state index in [0.29, 0.717) is 5.92 Å². The summed E-state index contributed by atoms with van der Waals surface area (Å²) < 4.78 is 32.3. The molecule has 0 aliphatic carbocycles. The largest absolute Gasteiger partial charge is 0.506 e. The van der Waals surface area contributed by atoms with Crippen LogP contribution in [-0.4, -0.2) is 60.3 Å². The third-order valence-electron chi connectivity index (χ3n) is 5.31. The summed E-state index contributed by atoms with van der Waals surface area (Å²) in [5.74, 6) is 0.457. The molecule has 0 saturated heterocycles. The zero-order chi connectivity index (χ0) is 20.9. The van der Waals surface area contributed by atoms with E-state index in [2.05, 4.69) is 34.6 Å². The summed E-state index contributed by atoms with van der Waals surface area (Å²) in [5.41, 5.74) is 0. The molecule has 160 valence electrons. The summed E-state index contributed by atoms with van der Waals surface area (Å²) in [5, 5.41) is -0.0642. The highest BCUT2D eigenvalue weighted by Gasteiger charge is 2.55. The lowest BCUT2D eigenvalue weighted by molar-refractivity contribution is 0.0844. The van der Waals surface area contributed by atoms with Crippen molar-refractivity contribution in [2.75, 3.05) is 42.7 Å². The Hall–Kier alpha value is 0.194. The smallest absolute Gasteiger partial charge is 0.377 e. The molecule has 0 radical (unpaired) electrons. The number of hydrogen-bond acceptors (Lipinski definition) is 6. The summed E-state index contributed by atoms with van der Waals surface area (Å²) in [7, 11) is 5.19. The van der Waals surface area contributed by atoms with Crippen LogP contribution < -0.4 is 0 Å². The van der Waals surface area contributed by atoms with Gasteiger partial charge < -0.3 is 26.6 Å². The van der Waals surface area contributed by atoms with Crippen molar-refractivity contribution in [1.82, 2.24) is 0 Å². The standard InChI is InChI=1S/2C9H22O3Si/c1-8(2)9(3,4)13(10-5,11-6)12-7;1-5-6-7-8-9-13(10-2,11-3)12-4/h8H,1-7H3;5-9H2,1-4H3. The SMILES string of the molecule is CCCCCC[Si](OC)(OC)OC.CO[Si](OC)(OC)C(C)(C)C(C)C. The summed E-state index contributed by atoms with van der Waals surface area (Å²) >= 11 is 0. The molecule has 0 rings (SSSR count). The fourth-order valence-corrected chi connectivity index (χ4v) is 7.30. The van der Waals surface area contributed by atoms with Crippen LogP contribution in [0.25, 0.3) is 0 Å². The Bertz CT molecular complexity index is 315. The summed E-state index contributed by atoms with van der Waals surface area (Å²) in [6.45, 7) is 10.8. The first-order valence-corrected chi connectivity index (χ1v) is 13.1. The van der Waals surface area contributed by atoms with Crippen LogP contribution in [0.1, 0.15) is 60.3 Å². The molecule has 0 atom stereocenters. The van der Waals surface area contributed by atoms with Gasteiger partial charge in [0.2, 0.25) is 0 Å². The van der Waals surface area contributed by atoms with E-state index in [1.807, 2.05) is 0 Å². The second-order valence-electron chi connectivity index (χ2n) is 7.15. The van der Waals surface area contributed by atoms with Crippen molar-refractivity contribution in [3.05, 3.63) is 0 Å². The monoisotopic (exact) mass is 412 g/mol. The van der Waals surface area contributed by atoms with E-state index in [9.17, 15) is 0 Å². The van der Waals surface area contributed by atoms with Gasteiger partial charge in [0.25, 0.3) is 0 Å². The molecule has 0 spiro atoms. The highest BCUT2D eigenvalue weighted by atomic mass is 28.4. The first-order valence-electron chi connectivity index (χ1n) is 9.43. The number of hydrogen-bond donors (Lipinski definition) is 0. The van der Waals surface area contributed by atoms with Gasteiger partial charge in [-0.15, -0.1) is 0 Å². The zero-order valence-electron chi connectivity index (χ0n) is 19.1. The molecule has 0 bridgehead atoms. The van der Waals surface area contributed by atoms with Gasteiger partial charge in [-0.3, -0.25) is 0 Å². The van der Waals surface area contributed by atoms with Crippen LogP contribution in [0.15, 0.2) is 0 Å². The molecule has 0 amide bonds. The minimum atomic E-state index is -2.51. The van der Waals surface area contributed by atoms with E-state index < -0.39 is 17.6 Å². The van der Waals surface area contributed by atoms with E-state index in [1.165, 1.54) is 19.3 Å². The van der Waals surface area contributed by atoms with Gasteiger partial charge in [0, 0.05) is 53.7 Å². The molecule has 0 fully saturated rings. The van der Waals surface area contributed by atoms with E-state index in [4.69, 9.17) is 26.6 Å². The average Bonchev–Trinajstić information content (AvgIpc) is 2.64. The highest BCUT2D eigenvalue weighted by Crippen LogP contribution is 2.44. The fourth-order valence-electron chi connectivity index (χ4n) is 2.72. The maximum Gasteiger partial charge on any atom is 0.506 e. The molecule has 8 heteroatoms. The molecule has 0 aromatic heterocycles. The molecular weight excluding hydrogens is 368 g/mol. The van der Waals surface area contributed by atoms with Crippen molar-refractivity contribution in [1.29, 1.82) is 0 Å². The molecule has 0 unspecified atom stereocenters. The maximum atomic E-state index is 5.46. The zero-order valence-corrected chi connectivity index (χ0v) is 21.1. The molecule has 26 heavy (non-hydrogen) atoms. The third-order valence-corrected chi connectivity index (χ3v) is 11.9. The van der Waals surface area contributed by atoms with Gasteiger partial charge >= 0.3 is 17.6 Å². The average molecular weight is 413 g/mol. The van der Waals surface area contributed by atoms with Crippen LogP contribution >= 0.6 is 0 Å². The topological polar surface area (TPSA) is 55.4 Å². The van der Waals surface area contributed by atoms with Crippen molar-refractivity contribution in [3.8, 4) is 0 Å². The lowest BCUT2D eigenvalue weighted by atomic mass is 9.99. The molecule has 0 heterocycles. The molecule has 0 aliphatic rings. The lowest BCUT2D eigenvalue weighted by Crippen LogP contribution is -2.54. The second kappa shape index (κ2) is 14.2. The normalized spacial score (nSPS) is 12.9. The van der Waals surface area contributed by atoms with Gasteiger partial charge in [0.05, 0.1) is 0 Å². The van der Waals surface area contributed by atoms with E-state index >= 15 is 0 Å². The van der Waals surface area contributed by atoms with Gasteiger partial charge in [0.1, 0.15) is 0 Å². The Balaban J connectivity index is 0. The first kappa shape index (κ1) is 28.4. The molecule has 0 aromatic carbocycles. The van der Waals surface area contributed by atoms with Gasteiger partial charge in [-0.1, -0.05) is 53.9 Å². The third kappa shape index (κ3) is 8.06. The van der Waals surface area contributed by atoms with Crippen molar-refractivity contribution in [3.63, 3.8) is 0 Å². The Kier molecular flexibility index (Phi) is 15.5. The van der Waals surface area contributed by atoms with Gasteiger partial charge in [-0.25, -0.2) is 0 Å². The number of rotatable bonds is 13. The van der Waals surface area contributed by atoms with Gasteiger partial charge in [0.15, 0.2) is 0 Å². The molecule has 0 aliphatic heterocycles. The highest BCUT2D eigenvalue weighted by molar-refractivity contribution is 6.64. The van der Waals surface area contributed by atoms with E-state index in [-0.39, 0.29) is 5.04 Å². The Labute approximate surface area is 164 Å². The molecule has 0 N–H and O–H groups in total. The summed E-state index contributed by atoms with van der Waals surface area (Å²) in [6, 6.07) is 0.927. The summed E-state index contributed by atoms with van der Waals surface area (Å²) in [4.78, 5) is 0. The van der Waals surface area contributed by atoms with Crippen molar-refractivity contribution in [2.24, 2.45) is 5.92 Å². The Morgan fingerprint density at radius 3 is 1.35 bits per heavy atom. The minimum Gasteiger partial charge on any atom is -0.377 e. The predicted molar refractivity (Wildman–Crippen MR) is 111 cm³/mol. The van der Waals surface area contributed by atoms with Crippen molar-refractivity contribution >= 4 is 17.6 Å². The van der Waals surface area contributed by atoms with Crippen LogP contribution in [-0.2, 0) is 26.6 Å². The van der Waals surface area contributed by atoms with E-state index in [1.54, 1.807) is 42.7 Å². The number of unbranched alkanes of at least 4 members (excludes halogenated alkanes) is 3. The van der Waals surface area contributed by atoms with Crippen LogP contribution in [0.2, 0.25) is 11.1 Å². The lowest BCUT2D eigenvalue weighted by Gasteiger charge is -2.41. The maximum absolute atomic E-state index is 5.46. The van der Waals surface area contributed by atoms with Crippen LogP contribution in [0, 0.1) is 5.92 Å². The molecule has 0 saturated carbocycles. The predicted octanol–water partition coefficient (Wildman–Crippen LogP) is 4.75. The quantitative estimate of drug-likeness (QED) is 0.321. The molecule has 0 aromatic rings. The van der Waals surface area contributed by atoms with E-state index in [0.717, 1.165) is 12.5 Å². The van der Waals surface area contributed by atoms with Crippen LogP contribution in [0.3, 0.4) is 0 Å². The van der Waals surface area contributed by atoms with Crippen molar-refractivity contribution < 1.29 is 26.6 Å². The van der Waals surface area contributed by atoms with Crippen LogP contribution in [0.4, 0.5) is 0 Å². The Morgan fingerprint density at radius 2 is 1.12 bits per heavy atom. The Morgan fingerprint density at radius 1 is 0.692 bits per heavy atom. The minimum absolute atomic E-state index is 0.0642. The van der Waals surface area contributed by atoms with Gasteiger partial charge in [-0.05, 0) is 12.3 Å². The fraction of sp³-hybridized carbons (Fsp3) is 1.00. The second-order valence-corrected chi connectivity index (χ2v) is 13.9. The van der Waals surface area contributed by atoms with Crippen LogP contribution in [0.5, 0.6) is 0 Å².